The molecular formula is C17H17ClFNO3. The first-order chi connectivity index (χ1) is 11.0. The highest BCUT2D eigenvalue weighted by molar-refractivity contribution is 6.32. The van der Waals surface area contributed by atoms with Crippen molar-refractivity contribution in [1.29, 1.82) is 0 Å². The summed E-state index contributed by atoms with van der Waals surface area (Å²) < 4.78 is 24.0. The Hall–Kier alpha value is -2.01. The van der Waals surface area contributed by atoms with Gasteiger partial charge in [-0.3, -0.25) is 4.79 Å². The van der Waals surface area contributed by atoms with Gasteiger partial charge in [-0.05, 0) is 49.1 Å². The lowest BCUT2D eigenvalue weighted by Gasteiger charge is -2.14. The molecule has 23 heavy (non-hydrogen) atoms. The minimum Gasteiger partial charge on any atom is -0.484 e. The molecule has 0 N–H and O–H groups in total. The normalized spacial score (nSPS) is 13.9. The van der Waals surface area contributed by atoms with Crippen LogP contribution < -0.4 is 4.74 Å². The summed E-state index contributed by atoms with van der Waals surface area (Å²) in [7, 11) is 1.78. The van der Waals surface area contributed by atoms with E-state index in [4.69, 9.17) is 20.8 Å². The van der Waals surface area contributed by atoms with Crippen LogP contribution in [0.4, 0.5) is 4.39 Å². The van der Waals surface area contributed by atoms with Crippen LogP contribution >= 0.6 is 11.6 Å². The summed E-state index contributed by atoms with van der Waals surface area (Å²) in [5.74, 6) is 1.23. The Morgan fingerprint density at radius 1 is 1.39 bits per heavy atom. The van der Waals surface area contributed by atoms with Crippen molar-refractivity contribution < 1.29 is 18.3 Å². The quantitative estimate of drug-likeness (QED) is 0.795. The molecule has 122 valence electrons. The number of ether oxygens (including phenoxy) is 1. The van der Waals surface area contributed by atoms with Gasteiger partial charge in [0.1, 0.15) is 23.9 Å². The molecule has 1 fully saturated rings. The summed E-state index contributed by atoms with van der Waals surface area (Å²) in [4.78, 5) is 13.9. The van der Waals surface area contributed by atoms with Gasteiger partial charge in [0.15, 0.2) is 5.76 Å². The molecule has 1 aromatic heterocycles. The van der Waals surface area contributed by atoms with Crippen LogP contribution in [-0.2, 0) is 6.61 Å². The van der Waals surface area contributed by atoms with Gasteiger partial charge in [-0.15, -0.1) is 0 Å². The van der Waals surface area contributed by atoms with Crippen LogP contribution in [0.2, 0.25) is 5.02 Å². The fraction of sp³-hybridized carbons (Fsp3) is 0.353. The van der Waals surface area contributed by atoms with E-state index < -0.39 is 5.82 Å². The molecule has 1 aliphatic rings. The number of hydrogen-bond donors (Lipinski definition) is 0. The largest absolute Gasteiger partial charge is 0.484 e. The summed E-state index contributed by atoms with van der Waals surface area (Å²) in [5.41, 5.74) is 0. The molecule has 1 aromatic carbocycles. The zero-order valence-electron chi connectivity index (χ0n) is 12.7. The maximum Gasteiger partial charge on any atom is 0.289 e. The smallest absolute Gasteiger partial charge is 0.289 e. The molecule has 2 aromatic rings. The number of furan rings is 1. The number of hydrogen-bond acceptors (Lipinski definition) is 3. The number of nitrogens with zero attached hydrogens (tertiary/aromatic N) is 1. The van der Waals surface area contributed by atoms with Crippen molar-refractivity contribution in [1.82, 2.24) is 4.90 Å². The number of carbonyl (C=O) groups excluding carboxylic acids is 1. The molecule has 6 heteroatoms. The van der Waals surface area contributed by atoms with Gasteiger partial charge in [-0.2, -0.15) is 0 Å². The SMILES string of the molecule is CN(CC1CC1)C(=O)c1ccc(COc2ccc(F)cc2Cl)o1. The first-order valence-electron chi connectivity index (χ1n) is 7.45. The molecule has 0 saturated heterocycles. The molecule has 1 amide bonds. The maximum absolute atomic E-state index is 13.0. The van der Waals surface area contributed by atoms with Crippen LogP contribution in [0, 0.1) is 11.7 Å². The van der Waals surface area contributed by atoms with Crippen molar-refractivity contribution in [2.75, 3.05) is 13.6 Å². The Labute approximate surface area is 138 Å². The molecule has 0 bridgehead atoms. The summed E-state index contributed by atoms with van der Waals surface area (Å²) in [5, 5.41) is 0.192. The highest BCUT2D eigenvalue weighted by Gasteiger charge is 2.26. The number of halogens is 2. The van der Waals surface area contributed by atoms with E-state index in [-0.39, 0.29) is 23.3 Å². The number of benzene rings is 1. The van der Waals surface area contributed by atoms with Gasteiger partial charge in [0.05, 0.1) is 5.02 Å². The standard InChI is InChI=1S/C17H17ClFNO3/c1-20(9-11-2-3-11)17(21)16-7-5-13(23-16)10-22-15-6-4-12(19)8-14(15)18/h4-8,11H,2-3,9-10H2,1H3. The van der Waals surface area contributed by atoms with E-state index in [9.17, 15) is 9.18 Å². The van der Waals surface area contributed by atoms with Crippen LogP contribution in [0.5, 0.6) is 5.75 Å². The molecule has 0 atom stereocenters. The third-order valence-electron chi connectivity index (χ3n) is 3.71. The summed E-state index contributed by atoms with van der Waals surface area (Å²) in [6.45, 7) is 0.877. The Bertz CT molecular complexity index is 712. The Kier molecular flexibility index (Phi) is 4.57. The fourth-order valence-corrected chi connectivity index (χ4v) is 2.49. The van der Waals surface area contributed by atoms with Gasteiger partial charge in [0.2, 0.25) is 0 Å². The van der Waals surface area contributed by atoms with Crippen molar-refractivity contribution in [2.45, 2.75) is 19.4 Å². The molecule has 0 unspecified atom stereocenters. The highest BCUT2D eigenvalue weighted by atomic mass is 35.5. The molecule has 0 spiro atoms. The van der Waals surface area contributed by atoms with Crippen molar-refractivity contribution in [3.63, 3.8) is 0 Å². The molecule has 0 aliphatic heterocycles. The van der Waals surface area contributed by atoms with Crippen molar-refractivity contribution in [3.05, 3.63) is 52.7 Å². The lowest BCUT2D eigenvalue weighted by Crippen LogP contribution is -2.28. The molecule has 1 saturated carbocycles. The van der Waals surface area contributed by atoms with E-state index in [0.717, 1.165) is 6.54 Å². The molecule has 1 heterocycles. The van der Waals surface area contributed by atoms with Gasteiger partial charge < -0.3 is 14.1 Å². The van der Waals surface area contributed by atoms with E-state index in [2.05, 4.69) is 0 Å². The van der Waals surface area contributed by atoms with Crippen LogP contribution in [0.1, 0.15) is 29.2 Å². The van der Waals surface area contributed by atoms with Gasteiger partial charge in [0, 0.05) is 13.6 Å². The molecule has 1 aliphatic carbocycles. The van der Waals surface area contributed by atoms with Gasteiger partial charge >= 0.3 is 0 Å². The third kappa shape index (κ3) is 4.05. The lowest BCUT2D eigenvalue weighted by molar-refractivity contribution is 0.0753. The first kappa shape index (κ1) is 15.9. The van der Waals surface area contributed by atoms with Crippen LogP contribution in [0.15, 0.2) is 34.7 Å². The predicted molar refractivity (Wildman–Crippen MR) is 84.1 cm³/mol. The topological polar surface area (TPSA) is 42.7 Å². The second-order valence-electron chi connectivity index (χ2n) is 5.76. The minimum atomic E-state index is -0.424. The van der Waals surface area contributed by atoms with E-state index in [1.165, 1.54) is 31.0 Å². The molecule has 0 radical (unpaired) electrons. The van der Waals surface area contributed by atoms with Gasteiger partial charge in [-0.1, -0.05) is 11.6 Å². The van der Waals surface area contributed by atoms with Gasteiger partial charge in [-0.25, -0.2) is 4.39 Å². The van der Waals surface area contributed by atoms with E-state index in [0.29, 0.717) is 17.4 Å². The fourth-order valence-electron chi connectivity index (χ4n) is 2.27. The first-order valence-corrected chi connectivity index (χ1v) is 7.83. The zero-order valence-corrected chi connectivity index (χ0v) is 13.5. The number of amides is 1. The Morgan fingerprint density at radius 2 is 2.17 bits per heavy atom. The summed E-state index contributed by atoms with van der Waals surface area (Å²) in [6, 6.07) is 7.23. The highest BCUT2D eigenvalue weighted by Crippen LogP contribution is 2.30. The van der Waals surface area contributed by atoms with Crippen molar-refractivity contribution in [2.24, 2.45) is 5.92 Å². The van der Waals surface area contributed by atoms with Crippen LogP contribution in [0.3, 0.4) is 0 Å². The lowest BCUT2D eigenvalue weighted by atomic mass is 10.3. The van der Waals surface area contributed by atoms with E-state index >= 15 is 0 Å². The Balaban J connectivity index is 1.59. The van der Waals surface area contributed by atoms with Crippen molar-refractivity contribution >= 4 is 17.5 Å². The van der Waals surface area contributed by atoms with E-state index in [1.54, 1.807) is 24.1 Å². The molecular weight excluding hydrogens is 321 g/mol. The minimum absolute atomic E-state index is 0.116. The Morgan fingerprint density at radius 3 is 2.87 bits per heavy atom. The molecule has 3 rings (SSSR count). The van der Waals surface area contributed by atoms with Crippen molar-refractivity contribution in [3.8, 4) is 5.75 Å². The van der Waals surface area contributed by atoms with E-state index in [1.807, 2.05) is 0 Å². The second kappa shape index (κ2) is 6.62. The molecule has 4 nitrogen and oxygen atoms in total. The van der Waals surface area contributed by atoms with Crippen LogP contribution in [0.25, 0.3) is 0 Å². The average molecular weight is 338 g/mol. The average Bonchev–Trinajstić information content (AvgIpc) is 3.20. The summed E-state index contributed by atoms with van der Waals surface area (Å²) in [6.07, 6.45) is 2.38. The second-order valence-corrected chi connectivity index (χ2v) is 6.17. The third-order valence-corrected chi connectivity index (χ3v) is 4.01. The maximum atomic E-state index is 13.0. The number of carbonyl (C=O) groups is 1. The van der Waals surface area contributed by atoms with Crippen LogP contribution in [-0.4, -0.2) is 24.4 Å². The number of rotatable bonds is 6. The van der Waals surface area contributed by atoms with Gasteiger partial charge in [0.25, 0.3) is 5.91 Å². The summed E-state index contributed by atoms with van der Waals surface area (Å²) >= 11 is 5.89. The monoisotopic (exact) mass is 337 g/mol. The zero-order chi connectivity index (χ0) is 16.4. The predicted octanol–water partition coefficient (Wildman–Crippen LogP) is 4.13.